The third kappa shape index (κ3) is 3.93. The number of pyridine rings is 1. The molecule has 0 aromatic carbocycles. The van der Waals surface area contributed by atoms with Crippen LogP contribution in [0.4, 0.5) is 10.2 Å². The molecule has 0 amide bonds. The van der Waals surface area contributed by atoms with Crippen molar-refractivity contribution in [2.75, 3.05) is 18.4 Å². The lowest BCUT2D eigenvalue weighted by atomic mass is 9.98. The average molecular weight is 438 g/mol. The maximum Gasteiger partial charge on any atom is 0.262 e. The summed E-state index contributed by atoms with van der Waals surface area (Å²) in [7, 11) is -2.17. The first-order chi connectivity index (χ1) is 13.8. The molecule has 0 radical (unpaired) electrons. The summed E-state index contributed by atoms with van der Waals surface area (Å²) in [5.41, 5.74) is 0.184. The van der Waals surface area contributed by atoms with E-state index in [9.17, 15) is 12.8 Å². The van der Waals surface area contributed by atoms with Crippen molar-refractivity contribution in [2.45, 2.75) is 17.0 Å². The van der Waals surface area contributed by atoms with Crippen LogP contribution in [-0.2, 0) is 17.1 Å². The Morgan fingerprint density at radius 1 is 1.24 bits per heavy atom. The highest BCUT2D eigenvalue weighted by Gasteiger charge is 2.42. The van der Waals surface area contributed by atoms with E-state index in [1.807, 2.05) is 0 Å². The molecule has 1 N–H and O–H groups in total. The highest BCUT2D eigenvalue weighted by Crippen LogP contribution is 2.33. The molecule has 3 aromatic heterocycles. The van der Waals surface area contributed by atoms with E-state index in [-0.39, 0.29) is 29.0 Å². The molecule has 9 nitrogen and oxygen atoms in total. The van der Waals surface area contributed by atoms with Gasteiger partial charge in [0.25, 0.3) is 10.0 Å². The second kappa shape index (κ2) is 7.65. The minimum Gasteiger partial charge on any atom is -0.365 e. The van der Waals surface area contributed by atoms with Gasteiger partial charge < -0.3 is 9.88 Å². The quantitative estimate of drug-likeness (QED) is 0.605. The molecule has 0 spiro atoms. The lowest BCUT2D eigenvalue weighted by Crippen LogP contribution is -2.32. The first-order valence-electron chi connectivity index (χ1n) is 8.67. The number of aryl methyl sites for hydroxylation is 1. The van der Waals surface area contributed by atoms with E-state index >= 15 is 0 Å². The second-order valence-corrected chi connectivity index (χ2v) is 8.93. The number of nitrogens with one attached hydrogen (secondary N) is 1. The van der Waals surface area contributed by atoms with Crippen molar-refractivity contribution in [1.82, 2.24) is 28.8 Å². The summed E-state index contributed by atoms with van der Waals surface area (Å²) in [4.78, 5) is 16.0. The third-order valence-electron chi connectivity index (χ3n) is 4.68. The third-order valence-corrected chi connectivity index (χ3v) is 6.60. The van der Waals surface area contributed by atoms with Crippen molar-refractivity contribution >= 4 is 27.4 Å². The number of halogens is 2. The Labute approximate surface area is 171 Å². The van der Waals surface area contributed by atoms with Gasteiger partial charge in [-0.25, -0.2) is 27.8 Å². The van der Waals surface area contributed by atoms with Crippen LogP contribution in [0.5, 0.6) is 0 Å². The Bertz CT molecular complexity index is 1140. The van der Waals surface area contributed by atoms with Gasteiger partial charge in [-0.15, -0.1) is 0 Å². The van der Waals surface area contributed by atoms with Crippen LogP contribution in [0.1, 0.15) is 11.6 Å². The molecule has 0 aliphatic carbocycles. The molecule has 1 saturated heterocycles. The number of aromatic nitrogens is 5. The topological polar surface area (TPSA) is 106 Å². The SMILES string of the molecule is Cn1cnc(S(=O)(=O)N2CC(Nc3cc(Cl)ncn3)C(c3ncccc3F)C2)c1. The van der Waals surface area contributed by atoms with Gasteiger partial charge >= 0.3 is 0 Å². The van der Waals surface area contributed by atoms with Gasteiger partial charge in [-0.3, -0.25) is 4.98 Å². The molecular formula is C17H17ClFN7O2S. The van der Waals surface area contributed by atoms with E-state index in [4.69, 9.17) is 11.6 Å². The second-order valence-electron chi connectivity index (χ2n) is 6.65. The van der Waals surface area contributed by atoms with Crippen molar-refractivity contribution in [3.63, 3.8) is 0 Å². The van der Waals surface area contributed by atoms with Crippen LogP contribution >= 0.6 is 11.6 Å². The summed E-state index contributed by atoms with van der Waals surface area (Å²) in [5, 5.41) is 3.31. The molecule has 3 aromatic rings. The number of hydrogen-bond donors (Lipinski definition) is 1. The van der Waals surface area contributed by atoms with E-state index in [2.05, 4.69) is 25.3 Å². The van der Waals surface area contributed by atoms with Gasteiger partial charge in [0.1, 0.15) is 23.1 Å². The minimum absolute atomic E-state index is 0.0450. The fourth-order valence-electron chi connectivity index (χ4n) is 3.31. The van der Waals surface area contributed by atoms with Crippen molar-refractivity contribution in [3.8, 4) is 0 Å². The fraction of sp³-hybridized carbons (Fsp3) is 0.294. The molecule has 152 valence electrons. The number of hydrogen-bond acceptors (Lipinski definition) is 7. The number of rotatable bonds is 5. The molecule has 12 heteroatoms. The van der Waals surface area contributed by atoms with Crippen LogP contribution in [0.3, 0.4) is 0 Å². The smallest absolute Gasteiger partial charge is 0.262 e. The molecule has 29 heavy (non-hydrogen) atoms. The Morgan fingerprint density at radius 2 is 2.07 bits per heavy atom. The predicted molar refractivity (Wildman–Crippen MR) is 103 cm³/mol. The first kappa shape index (κ1) is 19.7. The van der Waals surface area contributed by atoms with Gasteiger partial charge in [0.05, 0.1) is 18.1 Å². The van der Waals surface area contributed by atoms with Gasteiger partial charge in [0, 0.05) is 44.5 Å². The van der Waals surface area contributed by atoms with Crippen LogP contribution < -0.4 is 5.32 Å². The minimum atomic E-state index is -3.85. The lowest BCUT2D eigenvalue weighted by molar-refractivity contribution is 0.466. The standard InChI is InChI=1S/C17H17ClFN7O2S/c1-25-8-16(23-10-25)29(27,28)26-6-11(17-12(19)3-2-4-20-17)13(7-26)24-15-5-14(18)21-9-22-15/h2-5,8-11,13H,6-7H2,1H3,(H,21,22,24). The zero-order valence-corrected chi connectivity index (χ0v) is 16.8. The van der Waals surface area contributed by atoms with Crippen LogP contribution in [0, 0.1) is 5.82 Å². The highest BCUT2D eigenvalue weighted by molar-refractivity contribution is 7.89. The summed E-state index contributed by atoms with van der Waals surface area (Å²) in [6, 6.07) is 3.83. The Morgan fingerprint density at radius 3 is 2.76 bits per heavy atom. The van der Waals surface area contributed by atoms with Gasteiger partial charge in [-0.05, 0) is 12.1 Å². The largest absolute Gasteiger partial charge is 0.365 e. The van der Waals surface area contributed by atoms with E-state index in [1.54, 1.807) is 11.6 Å². The maximum atomic E-state index is 14.4. The highest BCUT2D eigenvalue weighted by atomic mass is 35.5. The summed E-state index contributed by atoms with van der Waals surface area (Å²) >= 11 is 5.91. The lowest BCUT2D eigenvalue weighted by Gasteiger charge is -2.20. The number of nitrogens with zero attached hydrogens (tertiary/aromatic N) is 6. The van der Waals surface area contributed by atoms with E-state index < -0.39 is 27.8 Å². The molecule has 2 atom stereocenters. The Kier molecular flexibility index (Phi) is 5.19. The zero-order chi connectivity index (χ0) is 20.6. The molecular weight excluding hydrogens is 421 g/mol. The summed E-state index contributed by atoms with van der Waals surface area (Å²) in [6.45, 7) is 0.129. The molecule has 1 aliphatic heterocycles. The summed E-state index contributed by atoms with van der Waals surface area (Å²) in [5.74, 6) is -0.626. The monoisotopic (exact) mass is 437 g/mol. The first-order valence-corrected chi connectivity index (χ1v) is 10.5. The zero-order valence-electron chi connectivity index (χ0n) is 15.3. The van der Waals surface area contributed by atoms with E-state index in [0.717, 1.165) is 0 Å². The van der Waals surface area contributed by atoms with Crippen molar-refractivity contribution in [1.29, 1.82) is 0 Å². The Hall–Kier alpha value is -2.63. The molecule has 2 unspecified atom stereocenters. The molecule has 0 saturated carbocycles. The predicted octanol–water partition coefficient (Wildman–Crippen LogP) is 1.67. The molecule has 1 aliphatic rings. The summed E-state index contributed by atoms with van der Waals surface area (Å²) < 4.78 is 43.3. The fourth-order valence-corrected chi connectivity index (χ4v) is 4.92. The van der Waals surface area contributed by atoms with Crippen LogP contribution in [-0.4, -0.2) is 56.4 Å². The molecule has 4 rings (SSSR count). The van der Waals surface area contributed by atoms with E-state index in [1.165, 1.54) is 47.6 Å². The summed E-state index contributed by atoms with van der Waals surface area (Å²) in [6.07, 6.45) is 5.61. The average Bonchev–Trinajstić information content (AvgIpc) is 3.30. The van der Waals surface area contributed by atoms with Crippen molar-refractivity contribution < 1.29 is 12.8 Å². The van der Waals surface area contributed by atoms with Crippen molar-refractivity contribution in [2.24, 2.45) is 7.05 Å². The van der Waals surface area contributed by atoms with Crippen LogP contribution in [0.15, 0.2) is 48.3 Å². The van der Waals surface area contributed by atoms with Crippen LogP contribution in [0.2, 0.25) is 5.15 Å². The molecule has 0 bridgehead atoms. The Balaban J connectivity index is 1.68. The maximum absolute atomic E-state index is 14.4. The van der Waals surface area contributed by atoms with Gasteiger partial charge in [-0.1, -0.05) is 11.6 Å². The molecule has 1 fully saturated rings. The van der Waals surface area contributed by atoms with Gasteiger partial charge in [0.15, 0.2) is 5.03 Å². The normalized spacial score (nSPS) is 20.1. The van der Waals surface area contributed by atoms with E-state index in [0.29, 0.717) is 5.82 Å². The number of sulfonamides is 1. The number of imidazole rings is 1. The number of anilines is 1. The molecule has 4 heterocycles. The van der Waals surface area contributed by atoms with Crippen molar-refractivity contribution in [3.05, 3.63) is 59.9 Å². The van der Waals surface area contributed by atoms with Gasteiger partial charge in [-0.2, -0.15) is 4.31 Å². The van der Waals surface area contributed by atoms with Gasteiger partial charge in [0.2, 0.25) is 0 Å². The van der Waals surface area contributed by atoms with Crippen LogP contribution in [0.25, 0.3) is 0 Å².